The predicted octanol–water partition coefficient (Wildman–Crippen LogP) is 5.15. The van der Waals surface area contributed by atoms with Crippen molar-refractivity contribution >= 4 is 45.9 Å². The van der Waals surface area contributed by atoms with Crippen LogP contribution in [0.1, 0.15) is 32.8 Å². The summed E-state index contributed by atoms with van der Waals surface area (Å²) in [6.45, 7) is 6.95. The largest absolute Gasteiger partial charge is 0.480 e. The number of fused-ring (bicyclic) bond motifs is 1. The van der Waals surface area contributed by atoms with Gasteiger partial charge in [-0.05, 0) is 58.0 Å². The van der Waals surface area contributed by atoms with Crippen molar-refractivity contribution in [1.29, 1.82) is 0 Å². The van der Waals surface area contributed by atoms with Crippen LogP contribution in [0.5, 0.6) is 5.75 Å². The minimum atomic E-state index is -0.595. The average molecular weight is 506 g/mol. The molecule has 1 aromatic heterocycles. The average Bonchev–Trinajstić information content (AvgIpc) is 2.74. The number of rotatable bonds is 10. The minimum absolute atomic E-state index is 0.0216. The first-order valence-electron chi connectivity index (χ1n) is 11.0. The minimum Gasteiger partial charge on any atom is -0.480 e. The number of para-hydroxylation sites is 1. The van der Waals surface area contributed by atoms with Crippen molar-refractivity contribution in [1.82, 2.24) is 10.3 Å². The smallest absolute Gasteiger partial charge is 0.344 e. The molecule has 34 heavy (non-hydrogen) atoms. The number of hydrogen-bond donors (Lipinski definition) is 3. The van der Waals surface area contributed by atoms with Crippen LogP contribution in [0.25, 0.3) is 10.9 Å². The van der Waals surface area contributed by atoms with Crippen LogP contribution in [0.15, 0.2) is 47.3 Å². The second-order valence-electron chi connectivity index (χ2n) is 8.80. The fourth-order valence-corrected chi connectivity index (χ4v) is 3.95. The summed E-state index contributed by atoms with van der Waals surface area (Å²) < 4.78 is 10.9. The van der Waals surface area contributed by atoms with E-state index >= 15 is 0 Å². The van der Waals surface area contributed by atoms with Crippen LogP contribution in [0, 0.1) is 0 Å². The van der Waals surface area contributed by atoms with Gasteiger partial charge in [0.05, 0.1) is 10.5 Å². The molecule has 0 fully saturated rings. The van der Waals surface area contributed by atoms with E-state index in [-0.39, 0.29) is 12.0 Å². The third-order valence-electron chi connectivity index (χ3n) is 4.74. The van der Waals surface area contributed by atoms with E-state index in [9.17, 15) is 9.59 Å². The lowest BCUT2D eigenvalue weighted by molar-refractivity contribution is -0.157. The summed E-state index contributed by atoms with van der Waals surface area (Å²) in [6, 6.07) is 12.3. The van der Waals surface area contributed by atoms with Crippen molar-refractivity contribution in [3.05, 3.63) is 68.3 Å². The quantitative estimate of drug-likeness (QED) is 0.260. The molecule has 0 bridgehead atoms. The van der Waals surface area contributed by atoms with Gasteiger partial charge in [-0.3, -0.25) is 4.79 Å². The lowest BCUT2D eigenvalue weighted by atomic mass is 10.2. The zero-order valence-corrected chi connectivity index (χ0v) is 21.0. The number of esters is 1. The summed E-state index contributed by atoms with van der Waals surface area (Å²) in [5.41, 5.74) is 0.926. The van der Waals surface area contributed by atoms with E-state index in [1.165, 1.54) is 0 Å². The summed E-state index contributed by atoms with van der Waals surface area (Å²) in [4.78, 5) is 27.4. The molecule has 7 nitrogen and oxygen atoms in total. The van der Waals surface area contributed by atoms with Gasteiger partial charge < -0.3 is 25.1 Å². The van der Waals surface area contributed by atoms with Crippen molar-refractivity contribution in [2.45, 2.75) is 39.3 Å². The molecule has 182 valence electrons. The zero-order valence-electron chi connectivity index (χ0n) is 19.5. The first-order chi connectivity index (χ1) is 16.1. The summed E-state index contributed by atoms with van der Waals surface area (Å²) in [6.07, 6.45) is 0.803. The maximum Gasteiger partial charge on any atom is 0.344 e. The van der Waals surface area contributed by atoms with Gasteiger partial charge in [0.25, 0.3) is 0 Å². The number of ether oxygens (including phenoxy) is 2. The van der Waals surface area contributed by atoms with Crippen LogP contribution in [0.3, 0.4) is 0 Å². The van der Waals surface area contributed by atoms with Crippen LogP contribution >= 0.6 is 23.2 Å². The highest BCUT2D eigenvalue weighted by atomic mass is 35.5. The Morgan fingerprint density at radius 1 is 1.09 bits per heavy atom. The molecule has 0 saturated heterocycles. The predicted molar refractivity (Wildman–Crippen MR) is 137 cm³/mol. The van der Waals surface area contributed by atoms with Gasteiger partial charge in [0, 0.05) is 35.1 Å². The van der Waals surface area contributed by atoms with Gasteiger partial charge >= 0.3 is 5.97 Å². The fraction of sp³-hybridized carbons (Fsp3) is 0.360. The van der Waals surface area contributed by atoms with Crippen molar-refractivity contribution in [3.63, 3.8) is 0 Å². The Labute approximate surface area is 208 Å². The Kier molecular flexibility index (Phi) is 8.83. The van der Waals surface area contributed by atoms with E-state index in [0.717, 1.165) is 17.5 Å². The summed E-state index contributed by atoms with van der Waals surface area (Å²) in [5.74, 6) is 0.606. The molecule has 0 saturated carbocycles. The van der Waals surface area contributed by atoms with Gasteiger partial charge in [0.1, 0.15) is 17.2 Å². The molecule has 3 N–H and O–H groups in total. The number of carbonyl (C=O) groups is 1. The summed E-state index contributed by atoms with van der Waals surface area (Å²) in [7, 11) is 0. The van der Waals surface area contributed by atoms with Gasteiger partial charge in [-0.25, -0.2) is 4.79 Å². The lowest BCUT2D eigenvalue weighted by Crippen LogP contribution is -2.27. The number of anilines is 1. The number of carbonyl (C=O) groups excluding carboxylic acids is 1. The molecule has 0 amide bonds. The molecule has 0 aliphatic rings. The molecule has 0 spiro atoms. The second kappa shape index (κ2) is 11.6. The maximum atomic E-state index is 12.2. The van der Waals surface area contributed by atoms with Crippen molar-refractivity contribution in [2.24, 2.45) is 0 Å². The number of aromatic nitrogens is 1. The van der Waals surface area contributed by atoms with Gasteiger partial charge in [0.2, 0.25) is 0 Å². The number of pyridine rings is 1. The molecule has 0 radical (unpaired) electrons. The number of benzene rings is 2. The fourth-order valence-electron chi connectivity index (χ4n) is 3.36. The number of aromatic amines is 1. The van der Waals surface area contributed by atoms with E-state index < -0.39 is 11.6 Å². The highest BCUT2D eigenvalue weighted by Gasteiger charge is 2.18. The molecular weight excluding hydrogens is 477 g/mol. The molecule has 1 heterocycles. The van der Waals surface area contributed by atoms with E-state index in [1.54, 1.807) is 45.0 Å². The third-order valence-corrected chi connectivity index (χ3v) is 5.24. The third kappa shape index (κ3) is 7.65. The molecule has 3 rings (SSSR count). The van der Waals surface area contributed by atoms with Crippen LogP contribution in [-0.2, 0) is 16.1 Å². The Bertz CT molecular complexity index is 1200. The topological polar surface area (TPSA) is 92.4 Å². The standard InChI is InChI=1S/C25H29Cl2N3O4/c1-25(2,3)34-23(32)15-33-24-16(11-17(26)12-19(24)27)14-28-9-6-10-29-22-13-21(31)18-7-4-5-8-20(18)30-22/h4-5,7-8,11-13,28H,6,9-10,14-15H2,1-3H3,(H2,29,30,31). The van der Waals surface area contributed by atoms with E-state index in [1.807, 2.05) is 18.2 Å². The highest BCUT2D eigenvalue weighted by molar-refractivity contribution is 6.35. The molecule has 9 heteroatoms. The van der Waals surface area contributed by atoms with Crippen molar-refractivity contribution < 1.29 is 14.3 Å². The first-order valence-corrected chi connectivity index (χ1v) is 11.8. The Hall–Kier alpha value is -2.74. The van der Waals surface area contributed by atoms with E-state index in [2.05, 4.69) is 15.6 Å². The lowest BCUT2D eigenvalue weighted by Gasteiger charge is -2.20. The van der Waals surface area contributed by atoms with E-state index in [0.29, 0.717) is 46.6 Å². The van der Waals surface area contributed by atoms with Crippen LogP contribution in [0.4, 0.5) is 5.82 Å². The number of nitrogens with one attached hydrogen (secondary N) is 3. The Balaban J connectivity index is 1.49. The molecule has 2 aromatic carbocycles. The van der Waals surface area contributed by atoms with E-state index in [4.69, 9.17) is 32.7 Å². The number of H-pyrrole nitrogens is 1. The van der Waals surface area contributed by atoms with Crippen molar-refractivity contribution in [2.75, 3.05) is 25.0 Å². The maximum absolute atomic E-state index is 12.2. The summed E-state index contributed by atoms with van der Waals surface area (Å²) >= 11 is 12.5. The van der Waals surface area contributed by atoms with Gasteiger partial charge in [-0.2, -0.15) is 0 Å². The monoisotopic (exact) mass is 505 g/mol. The normalized spacial score (nSPS) is 11.4. The molecule has 0 aliphatic heterocycles. The Morgan fingerprint density at radius 2 is 1.85 bits per heavy atom. The zero-order chi connectivity index (χ0) is 24.7. The van der Waals surface area contributed by atoms with Gasteiger partial charge in [-0.15, -0.1) is 0 Å². The SMILES string of the molecule is CC(C)(C)OC(=O)COc1c(Cl)cc(Cl)cc1CNCCCNc1cc(=O)c2ccccc2[nH]1. The summed E-state index contributed by atoms with van der Waals surface area (Å²) in [5, 5.41) is 8.04. The molecule has 3 aromatic rings. The first kappa shape index (κ1) is 25.9. The molecule has 0 atom stereocenters. The van der Waals surface area contributed by atoms with Crippen molar-refractivity contribution in [3.8, 4) is 5.75 Å². The van der Waals surface area contributed by atoms with Crippen LogP contribution in [0.2, 0.25) is 10.0 Å². The van der Waals surface area contributed by atoms with Gasteiger partial charge in [-0.1, -0.05) is 35.3 Å². The molecule has 0 unspecified atom stereocenters. The molecule has 0 aliphatic carbocycles. The number of halogens is 2. The van der Waals surface area contributed by atoms with Crippen LogP contribution in [-0.4, -0.2) is 36.3 Å². The second-order valence-corrected chi connectivity index (χ2v) is 9.64. The number of hydrogen-bond acceptors (Lipinski definition) is 6. The molecular formula is C25H29Cl2N3O4. The van der Waals surface area contributed by atoms with Crippen LogP contribution < -0.4 is 20.8 Å². The van der Waals surface area contributed by atoms with Gasteiger partial charge in [0.15, 0.2) is 12.0 Å². The highest BCUT2D eigenvalue weighted by Crippen LogP contribution is 2.32. The Morgan fingerprint density at radius 3 is 2.62 bits per heavy atom.